The van der Waals surface area contributed by atoms with E-state index in [2.05, 4.69) is 5.43 Å². The van der Waals surface area contributed by atoms with Gasteiger partial charge < -0.3 is 0 Å². The van der Waals surface area contributed by atoms with E-state index in [4.69, 9.17) is 40.6 Å². The number of hydrazine groups is 1. The molecule has 0 aromatic heterocycles. The molecule has 0 fully saturated rings. The molecular formula is C13H10Cl3FN2. The Morgan fingerprint density at radius 1 is 0.947 bits per heavy atom. The van der Waals surface area contributed by atoms with Gasteiger partial charge in [-0.3, -0.25) is 5.84 Å². The number of benzene rings is 2. The Bertz CT molecular complexity index is 584. The minimum atomic E-state index is -0.562. The maximum Gasteiger partial charge on any atom is 0.129 e. The molecule has 19 heavy (non-hydrogen) atoms. The van der Waals surface area contributed by atoms with Crippen LogP contribution < -0.4 is 11.3 Å². The normalized spacial score (nSPS) is 12.5. The molecule has 6 heteroatoms. The number of nitrogens with two attached hydrogens (primary N) is 1. The van der Waals surface area contributed by atoms with Gasteiger partial charge in [-0.05, 0) is 35.9 Å². The second-order valence-corrected chi connectivity index (χ2v) is 5.28. The number of nitrogens with one attached hydrogen (secondary N) is 1. The van der Waals surface area contributed by atoms with Crippen LogP contribution in [0, 0.1) is 5.82 Å². The summed E-state index contributed by atoms with van der Waals surface area (Å²) in [5.74, 6) is 5.06. The highest BCUT2D eigenvalue weighted by Crippen LogP contribution is 2.29. The molecular weight excluding hydrogens is 310 g/mol. The first-order valence-electron chi connectivity index (χ1n) is 5.38. The van der Waals surface area contributed by atoms with Gasteiger partial charge in [0.15, 0.2) is 0 Å². The summed E-state index contributed by atoms with van der Waals surface area (Å²) in [5, 5.41) is 1.23. The molecule has 1 atom stereocenters. The van der Waals surface area contributed by atoms with E-state index in [9.17, 15) is 4.39 Å². The fourth-order valence-corrected chi connectivity index (χ4v) is 2.54. The van der Waals surface area contributed by atoms with Crippen molar-refractivity contribution in [2.75, 3.05) is 0 Å². The van der Waals surface area contributed by atoms with Crippen molar-refractivity contribution < 1.29 is 4.39 Å². The number of rotatable bonds is 3. The van der Waals surface area contributed by atoms with Crippen LogP contribution in [0.25, 0.3) is 0 Å². The first-order valence-corrected chi connectivity index (χ1v) is 6.51. The van der Waals surface area contributed by atoms with Crippen LogP contribution in [0.15, 0.2) is 36.4 Å². The first kappa shape index (κ1) is 14.6. The van der Waals surface area contributed by atoms with E-state index < -0.39 is 11.9 Å². The number of halogens is 4. The molecule has 1 unspecified atom stereocenters. The quantitative estimate of drug-likeness (QED) is 0.652. The summed E-state index contributed by atoms with van der Waals surface area (Å²) in [5.41, 5.74) is 3.58. The van der Waals surface area contributed by atoms with Crippen LogP contribution in [0.2, 0.25) is 15.1 Å². The topological polar surface area (TPSA) is 38.0 Å². The Balaban J connectivity index is 2.49. The van der Waals surface area contributed by atoms with Crippen LogP contribution in [0.5, 0.6) is 0 Å². The molecule has 2 rings (SSSR count). The van der Waals surface area contributed by atoms with E-state index in [1.54, 1.807) is 30.3 Å². The zero-order valence-electron chi connectivity index (χ0n) is 9.63. The van der Waals surface area contributed by atoms with Crippen molar-refractivity contribution in [3.05, 3.63) is 68.4 Å². The van der Waals surface area contributed by atoms with E-state index >= 15 is 0 Å². The molecule has 0 radical (unpaired) electrons. The Morgan fingerprint density at radius 2 is 1.58 bits per heavy atom. The average molecular weight is 320 g/mol. The minimum Gasteiger partial charge on any atom is -0.271 e. The van der Waals surface area contributed by atoms with Gasteiger partial charge >= 0.3 is 0 Å². The third-order valence-corrected chi connectivity index (χ3v) is 3.33. The maximum atomic E-state index is 13.9. The predicted octanol–water partition coefficient (Wildman–Crippen LogP) is 4.34. The second-order valence-electron chi connectivity index (χ2n) is 3.97. The molecule has 0 heterocycles. The molecule has 2 nitrogen and oxygen atoms in total. The lowest BCUT2D eigenvalue weighted by molar-refractivity contribution is 0.560. The van der Waals surface area contributed by atoms with Crippen molar-refractivity contribution in [3.63, 3.8) is 0 Å². The van der Waals surface area contributed by atoms with Gasteiger partial charge in [-0.2, -0.15) is 0 Å². The zero-order chi connectivity index (χ0) is 14.0. The molecule has 0 aliphatic rings. The molecule has 0 aliphatic carbocycles. The third-order valence-electron chi connectivity index (χ3n) is 2.66. The Hall–Kier alpha value is -0.840. The summed E-state index contributed by atoms with van der Waals surface area (Å²) >= 11 is 17.6. The molecule has 2 aromatic rings. The minimum absolute atomic E-state index is 0.321. The first-order chi connectivity index (χ1) is 9.01. The monoisotopic (exact) mass is 318 g/mol. The molecule has 3 N–H and O–H groups in total. The molecule has 0 aliphatic heterocycles. The fourth-order valence-electron chi connectivity index (χ4n) is 1.84. The summed E-state index contributed by atoms with van der Waals surface area (Å²) in [7, 11) is 0. The van der Waals surface area contributed by atoms with Crippen molar-refractivity contribution in [3.8, 4) is 0 Å². The van der Waals surface area contributed by atoms with Crippen LogP contribution in [-0.2, 0) is 0 Å². The summed E-state index contributed by atoms with van der Waals surface area (Å²) in [6.45, 7) is 0. The van der Waals surface area contributed by atoms with Crippen LogP contribution in [0.1, 0.15) is 17.2 Å². The van der Waals surface area contributed by atoms with Crippen molar-refractivity contribution in [1.82, 2.24) is 5.43 Å². The fraction of sp³-hybridized carbons (Fsp3) is 0.0769. The largest absolute Gasteiger partial charge is 0.271 e. The Kier molecular flexibility index (Phi) is 4.66. The maximum absolute atomic E-state index is 13.9. The molecule has 2 aromatic carbocycles. The summed E-state index contributed by atoms with van der Waals surface area (Å²) in [4.78, 5) is 0. The Morgan fingerprint density at radius 3 is 2.11 bits per heavy atom. The smallest absolute Gasteiger partial charge is 0.129 e. The lowest BCUT2D eigenvalue weighted by atomic mass is 9.99. The molecule has 0 bridgehead atoms. The molecule has 100 valence electrons. The zero-order valence-corrected chi connectivity index (χ0v) is 11.9. The SMILES string of the molecule is NNC(c1cc(Cl)cc(Cl)c1)c1ccc(Cl)cc1F. The summed E-state index contributed by atoms with van der Waals surface area (Å²) in [6, 6.07) is 8.77. The van der Waals surface area contributed by atoms with E-state index in [0.717, 1.165) is 0 Å². The van der Waals surface area contributed by atoms with E-state index in [0.29, 0.717) is 26.2 Å². The summed E-state index contributed by atoms with van der Waals surface area (Å²) < 4.78 is 13.9. The highest BCUT2D eigenvalue weighted by molar-refractivity contribution is 6.34. The predicted molar refractivity (Wildman–Crippen MR) is 77.0 cm³/mol. The highest BCUT2D eigenvalue weighted by atomic mass is 35.5. The Labute approximate surface area is 125 Å². The van der Waals surface area contributed by atoms with E-state index in [1.165, 1.54) is 6.07 Å². The van der Waals surface area contributed by atoms with Crippen molar-refractivity contribution in [2.24, 2.45) is 5.84 Å². The third kappa shape index (κ3) is 3.38. The van der Waals surface area contributed by atoms with Crippen molar-refractivity contribution >= 4 is 34.8 Å². The number of hydrogen-bond donors (Lipinski definition) is 2. The van der Waals surface area contributed by atoms with Gasteiger partial charge in [0.2, 0.25) is 0 Å². The molecule has 0 saturated carbocycles. The van der Waals surface area contributed by atoms with Crippen LogP contribution in [0.3, 0.4) is 0 Å². The average Bonchev–Trinajstić information content (AvgIpc) is 2.31. The van der Waals surface area contributed by atoms with Gasteiger partial charge in [-0.15, -0.1) is 0 Å². The van der Waals surface area contributed by atoms with Gasteiger partial charge in [0, 0.05) is 20.6 Å². The second kappa shape index (κ2) is 6.07. The van der Waals surface area contributed by atoms with E-state index in [-0.39, 0.29) is 0 Å². The van der Waals surface area contributed by atoms with Gasteiger partial charge in [-0.1, -0.05) is 40.9 Å². The van der Waals surface area contributed by atoms with Gasteiger partial charge in [0.05, 0.1) is 6.04 Å². The van der Waals surface area contributed by atoms with Crippen LogP contribution >= 0.6 is 34.8 Å². The standard InChI is InChI=1S/C13H10Cl3FN2/c14-8-1-2-11(12(17)6-8)13(19-18)7-3-9(15)5-10(16)4-7/h1-6,13,19H,18H2. The van der Waals surface area contributed by atoms with Crippen molar-refractivity contribution in [2.45, 2.75) is 6.04 Å². The molecule has 0 amide bonds. The van der Waals surface area contributed by atoms with Crippen LogP contribution in [0.4, 0.5) is 4.39 Å². The van der Waals surface area contributed by atoms with E-state index in [1.807, 2.05) is 0 Å². The lowest BCUT2D eigenvalue weighted by Gasteiger charge is -2.18. The van der Waals surface area contributed by atoms with Crippen LogP contribution in [-0.4, -0.2) is 0 Å². The molecule has 0 spiro atoms. The van der Waals surface area contributed by atoms with Gasteiger partial charge in [0.25, 0.3) is 0 Å². The number of hydrogen-bond acceptors (Lipinski definition) is 2. The lowest BCUT2D eigenvalue weighted by Crippen LogP contribution is -2.29. The summed E-state index contributed by atoms with van der Waals surface area (Å²) in [6.07, 6.45) is 0. The molecule has 0 saturated heterocycles. The van der Waals surface area contributed by atoms with Gasteiger partial charge in [-0.25, -0.2) is 9.82 Å². The van der Waals surface area contributed by atoms with Gasteiger partial charge in [0.1, 0.15) is 5.82 Å². The highest BCUT2D eigenvalue weighted by Gasteiger charge is 2.17. The van der Waals surface area contributed by atoms with Crippen molar-refractivity contribution in [1.29, 1.82) is 0 Å².